The highest BCUT2D eigenvalue weighted by molar-refractivity contribution is 5.71. The van der Waals surface area contributed by atoms with Gasteiger partial charge in [0.15, 0.2) is 0 Å². The first kappa shape index (κ1) is 12.9. The summed E-state index contributed by atoms with van der Waals surface area (Å²) in [6.07, 6.45) is 4.26. The molecule has 0 saturated heterocycles. The first-order chi connectivity index (χ1) is 8.61. The van der Waals surface area contributed by atoms with Gasteiger partial charge in [0.25, 0.3) is 0 Å². The van der Waals surface area contributed by atoms with Crippen LogP contribution in [0.4, 0.5) is 5.69 Å². The van der Waals surface area contributed by atoms with Gasteiger partial charge in [-0.25, -0.2) is 0 Å². The number of nitrogens with zero attached hydrogens (tertiary/aromatic N) is 1. The van der Waals surface area contributed by atoms with Crippen molar-refractivity contribution in [2.24, 2.45) is 5.92 Å². The van der Waals surface area contributed by atoms with Crippen LogP contribution in [-0.2, 0) is 17.6 Å². The topological polar surface area (TPSA) is 40.5 Å². The van der Waals surface area contributed by atoms with Crippen LogP contribution in [-0.4, -0.2) is 24.7 Å². The highest BCUT2D eigenvalue weighted by atomic mass is 16.4. The van der Waals surface area contributed by atoms with Gasteiger partial charge in [-0.1, -0.05) is 13.0 Å². The minimum atomic E-state index is -0.703. The fourth-order valence-corrected chi connectivity index (χ4v) is 2.61. The number of anilines is 1. The van der Waals surface area contributed by atoms with E-state index in [0.717, 1.165) is 12.1 Å². The second-order valence-electron chi connectivity index (χ2n) is 5.13. The van der Waals surface area contributed by atoms with Crippen molar-refractivity contribution in [3.05, 3.63) is 29.3 Å². The summed E-state index contributed by atoms with van der Waals surface area (Å²) in [6.45, 7) is 2.50. The number of hydrogen-bond donors (Lipinski definition) is 1. The minimum Gasteiger partial charge on any atom is -0.481 e. The van der Waals surface area contributed by atoms with Crippen LogP contribution in [0.2, 0.25) is 0 Å². The molecule has 0 bridgehead atoms. The largest absolute Gasteiger partial charge is 0.481 e. The lowest BCUT2D eigenvalue weighted by Crippen LogP contribution is -2.29. The van der Waals surface area contributed by atoms with Crippen LogP contribution >= 0.6 is 0 Å². The molecule has 0 spiro atoms. The molecule has 0 aliphatic heterocycles. The molecule has 1 aromatic carbocycles. The number of aliphatic carboxylic acids is 1. The molecule has 0 amide bonds. The Morgan fingerprint density at radius 3 is 2.78 bits per heavy atom. The maximum atomic E-state index is 11.1. The fourth-order valence-electron chi connectivity index (χ4n) is 2.61. The minimum absolute atomic E-state index is 0.289. The highest BCUT2D eigenvalue weighted by Crippen LogP contribution is 2.26. The number of aryl methyl sites for hydroxylation is 2. The van der Waals surface area contributed by atoms with Crippen molar-refractivity contribution in [2.45, 2.75) is 32.6 Å². The van der Waals surface area contributed by atoms with E-state index in [4.69, 9.17) is 5.11 Å². The average molecular weight is 247 g/mol. The number of rotatable bonds is 5. The summed E-state index contributed by atoms with van der Waals surface area (Å²) in [5, 5.41) is 9.10. The molecule has 0 radical (unpaired) electrons. The molecule has 1 aromatic rings. The van der Waals surface area contributed by atoms with Crippen molar-refractivity contribution >= 4 is 11.7 Å². The van der Waals surface area contributed by atoms with Crippen molar-refractivity contribution in [3.8, 4) is 0 Å². The van der Waals surface area contributed by atoms with Gasteiger partial charge in [-0.15, -0.1) is 0 Å². The molecule has 2 rings (SSSR count). The van der Waals surface area contributed by atoms with E-state index in [-0.39, 0.29) is 5.92 Å². The van der Waals surface area contributed by atoms with Crippen LogP contribution in [0.15, 0.2) is 18.2 Å². The second-order valence-corrected chi connectivity index (χ2v) is 5.13. The summed E-state index contributed by atoms with van der Waals surface area (Å²) in [5.74, 6) is -0.992. The third-order valence-corrected chi connectivity index (χ3v) is 3.86. The number of hydrogen-bond acceptors (Lipinski definition) is 2. The Labute approximate surface area is 108 Å². The first-order valence-corrected chi connectivity index (χ1v) is 6.67. The Bertz CT molecular complexity index is 442. The maximum absolute atomic E-state index is 11.1. The fraction of sp³-hybridized carbons (Fsp3) is 0.533. The predicted octanol–water partition coefficient (Wildman–Crippen LogP) is 2.72. The summed E-state index contributed by atoms with van der Waals surface area (Å²) < 4.78 is 0. The van der Waals surface area contributed by atoms with Crippen LogP contribution in [0.3, 0.4) is 0 Å². The normalized spacial score (nSPS) is 15.2. The van der Waals surface area contributed by atoms with Crippen molar-refractivity contribution in [1.29, 1.82) is 0 Å². The molecule has 0 heterocycles. The van der Waals surface area contributed by atoms with Crippen LogP contribution in [0.1, 0.15) is 30.9 Å². The lowest BCUT2D eigenvalue weighted by Gasteiger charge is -2.23. The molecule has 0 aromatic heterocycles. The van der Waals surface area contributed by atoms with Gasteiger partial charge in [0.1, 0.15) is 0 Å². The Balaban J connectivity index is 2.09. The van der Waals surface area contributed by atoms with Gasteiger partial charge in [0.05, 0.1) is 5.92 Å². The molecule has 18 heavy (non-hydrogen) atoms. The van der Waals surface area contributed by atoms with Crippen LogP contribution < -0.4 is 4.90 Å². The second kappa shape index (κ2) is 5.42. The lowest BCUT2D eigenvalue weighted by atomic mass is 10.1. The Morgan fingerprint density at radius 2 is 2.11 bits per heavy atom. The molecule has 3 nitrogen and oxygen atoms in total. The van der Waals surface area contributed by atoms with Crippen LogP contribution in [0.25, 0.3) is 0 Å². The zero-order valence-corrected chi connectivity index (χ0v) is 11.1. The first-order valence-electron chi connectivity index (χ1n) is 6.67. The molecule has 1 N–H and O–H groups in total. The zero-order chi connectivity index (χ0) is 13.1. The molecule has 0 saturated carbocycles. The summed E-state index contributed by atoms with van der Waals surface area (Å²) in [5.41, 5.74) is 4.02. The van der Waals surface area contributed by atoms with Gasteiger partial charge in [-0.05, 0) is 48.9 Å². The highest BCUT2D eigenvalue weighted by Gasteiger charge is 2.18. The molecule has 1 aliphatic carbocycles. The summed E-state index contributed by atoms with van der Waals surface area (Å²) in [7, 11) is 1.97. The van der Waals surface area contributed by atoms with Gasteiger partial charge in [0.2, 0.25) is 0 Å². The van der Waals surface area contributed by atoms with Gasteiger partial charge < -0.3 is 10.0 Å². The smallest absolute Gasteiger partial charge is 0.308 e. The Kier molecular flexibility index (Phi) is 3.90. The Morgan fingerprint density at radius 1 is 1.39 bits per heavy atom. The number of carbonyl (C=O) groups is 1. The lowest BCUT2D eigenvalue weighted by molar-refractivity contribution is -0.141. The van der Waals surface area contributed by atoms with Crippen LogP contribution in [0, 0.1) is 5.92 Å². The van der Waals surface area contributed by atoms with Crippen molar-refractivity contribution in [1.82, 2.24) is 0 Å². The maximum Gasteiger partial charge on any atom is 0.308 e. The van der Waals surface area contributed by atoms with Gasteiger partial charge in [0, 0.05) is 19.3 Å². The molecular weight excluding hydrogens is 226 g/mol. The monoisotopic (exact) mass is 247 g/mol. The van der Waals surface area contributed by atoms with E-state index in [1.54, 1.807) is 0 Å². The van der Waals surface area contributed by atoms with E-state index in [2.05, 4.69) is 23.1 Å². The van der Waals surface area contributed by atoms with E-state index in [0.29, 0.717) is 13.0 Å². The summed E-state index contributed by atoms with van der Waals surface area (Å²) in [6, 6.07) is 6.52. The molecule has 1 unspecified atom stereocenters. The Hall–Kier alpha value is -1.51. The molecule has 1 aliphatic rings. The summed E-state index contributed by atoms with van der Waals surface area (Å²) in [4.78, 5) is 13.1. The van der Waals surface area contributed by atoms with Crippen molar-refractivity contribution in [2.75, 3.05) is 18.5 Å². The average Bonchev–Trinajstić information content (AvgIpc) is 2.82. The number of benzene rings is 1. The van der Waals surface area contributed by atoms with E-state index in [9.17, 15) is 4.79 Å². The molecular formula is C15H21NO2. The van der Waals surface area contributed by atoms with Gasteiger partial charge in [-0.3, -0.25) is 4.79 Å². The van der Waals surface area contributed by atoms with Crippen LogP contribution in [0.5, 0.6) is 0 Å². The number of carboxylic acids is 1. The van der Waals surface area contributed by atoms with Crippen molar-refractivity contribution in [3.63, 3.8) is 0 Å². The predicted molar refractivity (Wildman–Crippen MR) is 73.2 cm³/mol. The van der Waals surface area contributed by atoms with E-state index >= 15 is 0 Å². The number of fused-ring (bicyclic) bond motifs is 1. The third kappa shape index (κ3) is 2.66. The zero-order valence-electron chi connectivity index (χ0n) is 11.1. The van der Waals surface area contributed by atoms with E-state index in [1.165, 1.54) is 24.0 Å². The summed E-state index contributed by atoms with van der Waals surface area (Å²) >= 11 is 0. The van der Waals surface area contributed by atoms with E-state index < -0.39 is 5.97 Å². The third-order valence-electron chi connectivity index (χ3n) is 3.86. The van der Waals surface area contributed by atoms with Gasteiger partial charge >= 0.3 is 5.97 Å². The molecule has 1 atom stereocenters. The quantitative estimate of drug-likeness (QED) is 0.869. The molecule has 0 fully saturated rings. The van der Waals surface area contributed by atoms with E-state index in [1.807, 2.05) is 14.0 Å². The molecule has 3 heteroatoms. The SMILES string of the molecule is CCC(CN(C)c1ccc2c(c1)CCC2)C(=O)O. The van der Waals surface area contributed by atoms with Gasteiger partial charge in [-0.2, -0.15) is 0 Å². The molecule has 98 valence electrons. The van der Waals surface area contributed by atoms with Crippen molar-refractivity contribution < 1.29 is 9.90 Å². The number of carboxylic acid groups (broad SMARTS) is 1. The standard InChI is InChI=1S/C15H21NO2/c1-3-11(15(17)18)10-16(2)14-8-7-12-5-4-6-13(12)9-14/h7-9,11H,3-6,10H2,1-2H3,(H,17,18).